The molecule has 182 valence electrons. The number of hydrogen-bond acceptors (Lipinski definition) is 9. The van der Waals surface area contributed by atoms with Gasteiger partial charge in [0.2, 0.25) is 5.95 Å². The van der Waals surface area contributed by atoms with Crippen LogP contribution >= 0.6 is 11.3 Å². The Hall–Kier alpha value is -3.34. The van der Waals surface area contributed by atoms with E-state index in [1.165, 1.54) is 10.2 Å². The lowest BCUT2D eigenvalue weighted by Crippen LogP contribution is -2.35. The van der Waals surface area contributed by atoms with Gasteiger partial charge in [-0.25, -0.2) is 14.8 Å². The summed E-state index contributed by atoms with van der Waals surface area (Å²) in [5, 5.41) is 9.48. The lowest BCUT2D eigenvalue weighted by molar-refractivity contribution is 0.0342. The van der Waals surface area contributed by atoms with Crippen molar-refractivity contribution in [2.45, 2.75) is 32.9 Å². The molecule has 1 saturated heterocycles. The highest BCUT2D eigenvalue weighted by molar-refractivity contribution is 7.17. The van der Waals surface area contributed by atoms with E-state index in [1.807, 2.05) is 44.5 Å². The van der Waals surface area contributed by atoms with E-state index < -0.39 is 11.7 Å². The fraction of sp³-hybridized carbons (Fsp3) is 0.360. The second-order valence-electron chi connectivity index (χ2n) is 9.42. The number of fused-ring (bicyclic) bond motifs is 1. The monoisotopic (exact) mass is 492 g/mol. The molecule has 0 aliphatic carbocycles. The first kappa shape index (κ1) is 23.4. The first-order valence-electron chi connectivity index (χ1n) is 11.5. The zero-order chi connectivity index (χ0) is 24.4. The number of ether oxygens (including phenoxy) is 2. The van der Waals surface area contributed by atoms with E-state index in [1.54, 1.807) is 23.7 Å². The van der Waals surface area contributed by atoms with Crippen molar-refractivity contribution < 1.29 is 14.3 Å². The summed E-state index contributed by atoms with van der Waals surface area (Å²) in [7, 11) is 0. The Balaban J connectivity index is 1.31. The average molecular weight is 493 g/mol. The van der Waals surface area contributed by atoms with Crippen molar-refractivity contribution in [2.75, 3.05) is 31.6 Å². The Morgan fingerprint density at radius 1 is 1.17 bits per heavy atom. The van der Waals surface area contributed by atoms with Crippen LogP contribution in [-0.4, -0.2) is 62.6 Å². The standard InChI is InChI=1S/C25H28N6O3S/c1-25(2,3)34-24(32)31-15-18(12-27-31)20-16-35-21-13-26-23(29-22(20)21)28-19-6-4-17(5-7-19)14-30-8-10-33-11-9-30/h4-7,12-13,15-16H,8-11,14H2,1-3H3,(H,26,28,29). The summed E-state index contributed by atoms with van der Waals surface area (Å²) in [6, 6.07) is 8.33. The molecule has 4 heterocycles. The van der Waals surface area contributed by atoms with Gasteiger partial charge in [0, 0.05) is 48.0 Å². The van der Waals surface area contributed by atoms with E-state index in [0.717, 1.165) is 59.9 Å². The van der Waals surface area contributed by atoms with E-state index in [9.17, 15) is 4.79 Å². The number of nitrogens with one attached hydrogen (secondary N) is 1. The minimum atomic E-state index is -0.590. The van der Waals surface area contributed by atoms with Crippen LogP contribution in [0.4, 0.5) is 16.4 Å². The van der Waals surface area contributed by atoms with Crippen LogP contribution in [-0.2, 0) is 16.0 Å². The summed E-state index contributed by atoms with van der Waals surface area (Å²) >= 11 is 1.55. The number of carbonyl (C=O) groups excluding carboxylic acids is 1. The Morgan fingerprint density at radius 3 is 2.69 bits per heavy atom. The van der Waals surface area contributed by atoms with Crippen molar-refractivity contribution in [1.82, 2.24) is 24.6 Å². The summed E-state index contributed by atoms with van der Waals surface area (Å²) in [5.74, 6) is 0.512. The predicted molar refractivity (Wildman–Crippen MR) is 136 cm³/mol. The smallest absolute Gasteiger partial charge is 0.435 e. The molecule has 4 aromatic rings. The first-order chi connectivity index (χ1) is 16.8. The molecule has 0 atom stereocenters. The number of morpholine rings is 1. The second-order valence-corrected chi connectivity index (χ2v) is 10.3. The van der Waals surface area contributed by atoms with Gasteiger partial charge in [0.15, 0.2) is 0 Å². The number of benzene rings is 1. The fourth-order valence-corrected chi connectivity index (χ4v) is 4.68. The molecule has 1 fully saturated rings. The van der Waals surface area contributed by atoms with E-state index in [4.69, 9.17) is 14.5 Å². The molecule has 0 saturated carbocycles. The summed E-state index contributed by atoms with van der Waals surface area (Å²) in [6.45, 7) is 9.92. The van der Waals surface area contributed by atoms with Gasteiger partial charge >= 0.3 is 6.09 Å². The van der Waals surface area contributed by atoms with E-state index in [0.29, 0.717) is 5.95 Å². The maximum absolute atomic E-state index is 12.3. The number of hydrogen-bond donors (Lipinski definition) is 1. The van der Waals surface area contributed by atoms with Gasteiger partial charge < -0.3 is 14.8 Å². The highest BCUT2D eigenvalue weighted by Crippen LogP contribution is 2.33. The Labute approximate surface area is 207 Å². The van der Waals surface area contributed by atoms with Crippen LogP contribution in [0.3, 0.4) is 0 Å². The normalized spacial score (nSPS) is 14.8. The third-order valence-corrected chi connectivity index (χ3v) is 6.41. The van der Waals surface area contributed by atoms with E-state index >= 15 is 0 Å². The van der Waals surface area contributed by atoms with Crippen molar-refractivity contribution >= 4 is 39.3 Å². The van der Waals surface area contributed by atoms with Crippen molar-refractivity contribution in [3.05, 3.63) is 53.8 Å². The average Bonchev–Trinajstić information content (AvgIpc) is 3.47. The zero-order valence-corrected chi connectivity index (χ0v) is 20.8. The third-order valence-electron chi connectivity index (χ3n) is 5.51. The van der Waals surface area contributed by atoms with E-state index in [2.05, 4.69) is 32.4 Å². The molecule has 0 bridgehead atoms. The van der Waals surface area contributed by atoms with Crippen LogP contribution in [0.5, 0.6) is 0 Å². The molecule has 1 aliphatic rings. The number of thiophene rings is 1. The number of anilines is 2. The summed E-state index contributed by atoms with van der Waals surface area (Å²) in [5.41, 5.74) is 4.08. The van der Waals surface area contributed by atoms with E-state index in [-0.39, 0.29) is 0 Å². The van der Waals surface area contributed by atoms with Gasteiger partial charge in [-0.3, -0.25) is 4.90 Å². The minimum absolute atomic E-state index is 0.512. The van der Waals surface area contributed by atoms with Gasteiger partial charge in [-0.05, 0) is 38.5 Å². The molecule has 10 heteroatoms. The van der Waals surface area contributed by atoms with Gasteiger partial charge in [0.1, 0.15) is 5.60 Å². The SMILES string of the molecule is CC(C)(C)OC(=O)n1cc(-c2csc3cnc(Nc4ccc(CN5CCOCC5)cc4)nc23)cn1. The summed E-state index contributed by atoms with van der Waals surface area (Å²) < 4.78 is 13.0. The maximum Gasteiger partial charge on any atom is 0.435 e. The zero-order valence-electron chi connectivity index (χ0n) is 20.0. The number of aromatic nitrogens is 4. The van der Waals surface area contributed by atoms with Crippen molar-refractivity contribution in [2.24, 2.45) is 0 Å². The Morgan fingerprint density at radius 2 is 1.94 bits per heavy atom. The Bertz CT molecular complexity index is 1320. The highest BCUT2D eigenvalue weighted by Gasteiger charge is 2.20. The van der Waals surface area contributed by atoms with Gasteiger partial charge in [-0.2, -0.15) is 9.78 Å². The number of rotatable bonds is 5. The van der Waals surface area contributed by atoms with Crippen LogP contribution in [0.15, 0.2) is 48.2 Å². The van der Waals surface area contributed by atoms with Gasteiger partial charge in [-0.1, -0.05) is 12.1 Å². The quantitative estimate of drug-likeness (QED) is 0.420. The van der Waals surface area contributed by atoms with Gasteiger partial charge in [0.25, 0.3) is 0 Å². The molecule has 9 nitrogen and oxygen atoms in total. The van der Waals surface area contributed by atoms with Crippen molar-refractivity contribution in [1.29, 1.82) is 0 Å². The first-order valence-corrected chi connectivity index (χ1v) is 12.4. The largest absolute Gasteiger partial charge is 0.442 e. The topological polar surface area (TPSA) is 94.4 Å². The molecular formula is C25H28N6O3S. The van der Waals surface area contributed by atoms with Crippen LogP contribution in [0.25, 0.3) is 21.3 Å². The van der Waals surface area contributed by atoms with Crippen molar-refractivity contribution in [3.8, 4) is 11.1 Å². The molecule has 5 rings (SSSR count). The molecule has 1 aromatic carbocycles. The fourth-order valence-electron chi connectivity index (χ4n) is 3.80. The van der Waals surface area contributed by atoms with Crippen molar-refractivity contribution in [3.63, 3.8) is 0 Å². The number of carbonyl (C=O) groups is 1. The molecule has 3 aromatic heterocycles. The van der Waals surface area contributed by atoms with Gasteiger partial charge in [-0.15, -0.1) is 11.3 Å². The highest BCUT2D eigenvalue weighted by atomic mass is 32.1. The second kappa shape index (κ2) is 9.73. The molecular weight excluding hydrogens is 464 g/mol. The Kier molecular flexibility index (Phi) is 6.50. The molecule has 1 N–H and O–H groups in total. The summed E-state index contributed by atoms with van der Waals surface area (Å²) in [4.78, 5) is 24.0. The molecule has 0 amide bonds. The molecule has 0 unspecified atom stereocenters. The summed E-state index contributed by atoms with van der Waals surface area (Å²) in [6.07, 6.45) is 4.60. The maximum atomic E-state index is 12.3. The van der Waals surface area contributed by atoms with Crippen LogP contribution in [0.2, 0.25) is 0 Å². The lowest BCUT2D eigenvalue weighted by Gasteiger charge is -2.26. The van der Waals surface area contributed by atoms with Crippen LogP contribution in [0.1, 0.15) is 26.3 Å². The van der Waals surface area contributed by atoms with Gasteiger partial charge in [0.05, 0.1) is 35.8 Å². The predicted octanol–water partition coefficient (Wildman–Crippen LogP) is 4.91. The molecule has 1 aliphatic heterocycles. The molecule has 0 spiro atoms. The molecule has 35 heavy (non-hydrogen) atoms. The van der Waals surface area contributed by atoms with Crippen LogP contribution in [0, 0.1) is 0 Å². The minimum Gasteiger partial charge on any atom is -0.442 e. The molecule has 0 radical (unpaired) electrons. The third kappa shape index (κ3) is 5.67. The number of nitrogens with zero attached hydrogens (tertiary/aromatic N) is 5. The van der Waals surface area contributed by atoms with Crippen LogP contribution < -0.4 is 5.32 Å². The lowest BCUT2D eigenvalue weighted by atomic mass is 10.2.